The van der Waals surface area contributed by atoms with Crippen LogP contribution in [0.15, 0.2) is 0 Å². The molecule has 0 saturated carbocycles. The minimum atomic E-state index is 0.110. The highest BCUT2D eigenvalue weighted by Crippen LogP contribution is 2.16. The molecule has 0 aliphatic carbocycles. The molecule has 2 rings (SSSR count). The van der Waals surface area contributed by atoms with E-state index in [0.717, 1.165) is 45.6 Å². The first-order valence-corrected chi connectivity index (χ1v) is 8.95. The standard InChI is InChI=1S/C17H33N3O2/c1-4-18-9-11-19(12-10-18)13-14-22-16-5-7-20(8-6-16)17(21)15(2)3/h15-16H,4-14H2,1-3H3. The van der Waals surface area contributed by atoms with E-state index in [2.05, 4.69) is 16.7 Å². The predicted molar refractivity (Wildman–Crippen MR) is 88.9 cm³/mol. The number of carbonyl (C=O) groups excluding carboxylic acids is 1. The second-order valence-corrected chi connectivity index (χ2v) is 6.83. The molecule has 0 aromatic heterocycles. The smallest absolute Gasteiger partial charge is 0.225 e. The third-order valence-corrected chi connectivity index (χ3v) is 4.92. The van der Waals surface area contributed by atoms with Crippen LogP contribution in [0.1, 0.15) is 33.6 Å². The van der Waals surface area contributed by atoms with E-state index >= 15 is 0 Å². The Morgan fingerprint density at radius 2 is 1.64 bits per heavy atom. The minimum Gasteiger partial charge on any atom is -0.377 e. The molecule has 0 bridgehead atoms. The van der Waals surface area contributed by atoms with Gasteiger partial charge in [-0.15, -0.1) is 0 Å². The summed E-state index contributed by atoms with van der Waals surface area (Å²) in [5, 5.41) is 0. The van der Waals surface area contributed by atoms with Gasteiger partial charge in [-0.25, -0.2) is 0 Å². The summed E-state index contributed by atoms with van der Waals surface area (Å²) < 4.78 is 6.03. The molecule has 0 radical (unpaired) electrons. The summed E-state index contributed by atoms with van der Waals surface area (Å²) in [6.45, 7) is 15.6. The first-order valence-electron chi connectivity index (χ1n) is 8.95. The first kappa shape index (κ1) is 17.7. The van der Waals surface area contributed by atoms with Crippen molar-refractivity contribution in [1.82, 2.24) is 14.7 Å². The molecule has 5 nitrogen and oxygen atoms in total. The van der Waals surface area contributed by atoms with Crippen molar-refractivity contribution < 1.29 is 9.53 Å². The number of carbonyl (C=O) groups is 1. The Bertz CT molecular complexity index is 333. The molecule has 0 aromatic rings. The molecule has 2 saturated heterocycles. The number of hydrogen-bond acceptors (Lipinski definition) is 4. The van der Waals surface area contributed by atoms with Crippen LogP contribution in [-0.2, 0) is 9.53 Å². The second kappa shape index (κ2) is 8.85. The Kier molecular flexibility index (Phi) is 7.12. The highest BCUT2D eigenvalue weighted by atomic mass is 16.5. The summed E-state index contributed by atoms with van der Waals surface area (Å²) in [4.78, 5) is 18.9. The van der Waals surface area contributed by atoms with Crippen LogP contribution < -0.4 is 0 Å². The number of rotatable bonds is 6. The Labute approximate surface area is 135 Å². The first-order chi connectivity index (χ1) is 10.6. The molecule has 22 heavy (non-hydrogen) atoms. The van der Waals surface area contributed by atoms with Crippen molar-refractivity contribution >= 4 is 5.91 Å². The van der Waals surface area contributed by atoms with Crippen molar-refractivity contribution in [3.63, 3.8) is 0 Å². The van der Waals surface area contributed by atoms with Gasteiger partial charge in [0.05, 0.1) is 12.7 Å². The van der Waals surface area contributed by atoms with Gasteiger partial charge in [-0.05, 0) is 19.4 Å². The molecule has 0 aromatic carbocycles. The summed E-state index contributed by atoms with van der Waals surface area (Å²) >= 11 is 0. The normalized spacial score (nSPS) is 22.5. The number of nitrogens with zero attached hydrogens (tertiary/aromatic N) is 3. The fraction of sp³-hybridized carbons (Fsp3) is 0.941. The van der Waals surface area contributed by atoms with Crippen LogP contribution >= 0.6 is 0 Å². The van der Waals surface area contributed by atoms with E-state index in [4.69, 9.17) is 4.74 Å². The highest BCUT2D eigenvalue weighted by molar-refractivity contribution is 5.78. The SMILES string of the molecule is CCN1CCN(CCOC2CCN(C(=O)C(C)C)CC2)CC1. The zero-order valence-electron chi connectivity index (χ0n) is 14.6. The largest absolute Gasteiger partial charge is 0.377 e. The molecule has 128 valence electrons. The van der Waals surface area contributed by atoms with Gasteiger partial charge in [-0.1, -0.05) is 20.8 Å². The maximum absolute atomic E-state index is 12.0. The number of likely N-dealkylation sites (tertiary alicyclic amines) is 1. The van der Waals surface area contributed by atoms with Gasteiger partial charge < -0.3 is 14.5 Å². The molecule has 2 aliphatic rings. The lowest BCUT2D eigenvalue weighted by molar-refractivity contribution is -0.137. The lowest BCUT2D eigenvalue weighted by Gasteiger charge is -2.35. The van der Waals surface area contributed by atoms with Crippen molar-refractivity contribution in [1.29, 1.82) is 0 Å². The van der Waals surface area contributed by atoms with Gasteiger partial charge >= 0.3 is 0 Å². The highest BCUT2D eigenvalue weighted by Gasteiger charge is 2.24. The number of piperazine rings is 1. The van der Waals surface area contributed by atoms with E-state index in [-0.39, 0.29) is 11.8 Å². The lowest BCUT2D eigenvalue weighted by Crippen LogP contribution is -2.47. The average molecular weight is 311 g/mol. The summed E-state index contributed by atoms with van der Waals surface area (Å²) in [5.74, 6) is 0.395. The van der Waals surface area contributed by atoms with Crippen LogP contribution in [0.4, 0.5) is 0 Å². The predicted octanol–water partition coefficient (Wildman–Crippen LogP) is 1.29. The van der Waals surface area contributed by atoms with Crippen LogP contribution in [0.5, 0.6) is 0 Å². The van der Waals surface area contributed by atoms with Crippen LogP contribution in [0.2, 0.25) is 0 Å². The van der Waals surface area contributed by atoms with Crippen molar-refractivity contribution in [3.8, 4) is 0 Å². The Hall–Kier alpha value is -0.650. The van der Waals surface area contributed by atoms with Crippen LogP contribution in [-0.4, -0.2) is 85.7 Å². The van der Waals surface area contributed by atoms with Gasteiger partial charge in [0.1, 0.15) is 0 Å². The maximum atomic E-state index is 12.0. The quantitative estimate of drug-likeness (QED) is 0.740. The van der Waals surface area contributed by atoms with Gasteiger partial charge in [0.15, 0.2) is 0 Å². The van der Waals surface area contributed by atoms with Gasteiger partial charge in [-0.2, -0.15) is 0 Å². The Morgan fingerprint density at radius 3 is 2.18 bits per heavy atom. The molecule has 0 spiro atoms. The van der Waals surface area contributed by atoms with Gasteiger partial charge in [0.2, 0.25) is 5.91 Å². The number of likely N-dealkylation sites (N-methyl/N-ethyl adjacent to an activating group) is 1. The van der Waals surface area contributed by atoms with E-state index in [1.54, 1.807) is 0 Å². The number of ether oxygens (including phenoxy) is 1. The molecule has 0 unspecified atom stereocenters. The second-order valence-electron chi connectivity index (χ2n) is 6.83. The molecule has 2 fully saturated rings. The van der Waals surface area contributed by atoms with Crippen molar-refractivity contribution in [2.45, 2.75) is 39.7 Å². The molecule has 2 heterocycles. The Balaban J connectivity index is 1.57. The van der Waals surface area contributed by atoms with E-state index in [1.807, 2.05) is 18.7 Å². The van der Waals surface area contributed by atoms with E-state index in [0.29, 0.717) is 6.10 Å². The average Bonchev–Trinajstić information content (AvgIpc) is 2.55. The third kappa shape index (κ3) is 5.21. The summed E-state index contributed by atoms with van der Waals surface area (Å²) in [5.41, 5.74) is 0. The molecule has 2 aliphatic heterocycles. The summed E-state index contributed by atoms with van der Waals surface area (Å²) in [6.07, 6.45) is 2.32. The van der Waals surface area contributed by atoms with E-state index in [1.165, 1.54) is 26.2 Å². The third-order valence-electron chi connectivity index (χ3n) is 4.92. The van der Waals surface area contributed by atoms with E-state index in [9.17, 15) is 4.79 Å². The van der Waals surface area contributed by atoms with Crippen molar-refractivity contribution in [3.05, 3.63) is 0 Å². The summed E-state index contributed by atoms with van der Waals surface area (Å²) in [6, 6.07) is 0. The summed E-state index contributed by atoms with van der Waals surface area (Å²) in [7, 11) is 0. The number of piperidine rings is 1. The maximum Gasteiger partial charge on any atom is 0.225 e. The molecular formula is C17H33N3O2. The topological polar surface area (TPSA) is 36.0 Å². The van der Waals surface area contributed by atoms with Gasteiger partial charge in [0, 0.05) is 51.7 Å². The zero-order valence-corrected chi connectivity index (χ0v) is 14.6. The fourth-order valence-electron chi connectivity index (χ4n) is 3.29. The van der Waals surface area contributed by atoms with Crippen LogP contribution in [0, 0.1) is 5.92 Å². The number of hydrogen-bond donors (Lipinski definition) is 0. The zero-order chi connectivity index (χ0) is 15.9. The lowest BCUT2D eigenvalue weighted by atomic mass is 10.1. The van der Waals surface area contributed by atoms with Gasteiger partial charge in [0.25, 0.3) is 0 Å². The van der Waals surface area contributed by atoms with Crippen LogP contribution in [0.3, 0.4) is 0 Å². The molecule has 0 N–H and O–H groups in total. The van der Waals surface area contributed by atoms with Crippen molar-refractivity contribution in [2.24, 2.45) is 5.92 Å². The monoisotopic (exact) mass is 311 g/mol. The fourth-order valence-corrected chi connectivity index (χ4v) is 3.29. The van der Waals surface area contributed by atoms with Crippen molar-refractivity contribution in [2.75, 3.05) is 59.0 Å². The molecule has 1 amide bonds. The van der Waals surface area contributed by atoms with Crippen LogP contribution in [0.25, 0.3) is 0 Å². The minimum absolute atomic E-state index is 0.110. The molecular weight excluding hydrogens is 278 g/mol. The molecule has 0 atom stereocenters. The van der Waals surface area contributed by atoms with E-state index < -0.39 is 0 Å². The Morgan fingerprint density at radius 1 is 1.05 bits per heavy atom. The van der Waals surface area contributed by atoms with Gasteiger partial charge in [-0.3, -0.25) is 9.69 Å². The number of amides is 1. The molecule has 5 heteroatoms.